The Morgan fingerprint density at radius 1 is 0.562 bits per heavy atom. The summed E-state index contributed by atoms with van der Waals surface area (Å²) >= 11 is 0. The average Bonchev–Trinajstić information content (AvgIpc) is 3.38. The third kappa shape index (κ3) is 14.5. The summed E-state index contributed by atoms with van der Waals surface area (Å²) < 4.78 is 44.1. The minimum atomic E-state index is -0.515. The number of carbonyl (C=O) groups is 2. The molecule has 1 aliphatic carbocycles. The fourth-order valence-electron chi connectivity index (χ4n) is 4.83. The van der Waals surface area contributed by atoms with Crippen molar-refractivity contribution in [2.24, 2.45) is 0 Å². The molecule has 268 valence electrons. The standard InChI is InChI=1S/C36H54N2O10/c1-36(2,3)48-35(40)38(5)15-17-42-19-21-44-23-25-46-27-26-45-24-22-43-20-18-41-16-14-37(4)34(39)47-28-33-31-12-8-6-10-29(31)30-11-7-9-13-32(30)33/h6-13,33H,14-28H2,1-5H3. The van der Waals surface area contributed by atoms with Crippen LogP contribution in [0.15, 0.2) is 48.5 Å². The van der Waals surface area contributed by atoms with Crippen LogP contribution < -0.4 is 0 Å². The van der Waals surface area contributed by atoms with E-state index in [0.717, 1.165) is 0 Å². The van der Waals surface area contributed by atoms with Crippen molar-refractivity contribution in [1.29, 1.82) is 0 Å². The Bertz CT molecular complexity index is 1180. The zero-order valence-corrected chi connectivity index (χ0v) is 29.3. The van der Waals surface area contributed by atoms with E-state index in [4.69, 9.17) is 37.9 Å². The Morgan fingerprint density at radius 2 is 0.917 bits per heavy atom. The number of fused-ring (bicyclic) bond motifs is 3. The van der Waals surface area contributed by atoms with Crippen LogP contribution in [0.2, 0.25) is 0 Å². The van der Waals surface area contributed by atoms with Gasteiger partial charge in [-0.3, -0.25) is 0 Å². The second kappa shape index (κ2) is 21.7. The average molecular weight is 675 g/mol. The molecule has 3 rings (SSSR count). The molecule has 48 heavy (non-hydrogen) atoms. The van der Waals surface area contributed by atoms with Crippen LogP contribution in [0.3, 0.4) is 0 Å². The number of likely N-dealkylation sites (N-methyl/N-ethyl adjacent to an activating group) is 2. The zero-order chi connectivity index (χ0) is 34.6. The first-order valence-corrected chi connectivity index (χ1v) is 16.6. The molecule has 1 aliphatic rings. The summed E-state index contributed by atoms with van der Waals surface area (Å²) in [5.74, 6) is 0.0375. The Labute approximate surface area is 285 Å². The van der Waals surface area contributed by atoms with E-state index >= 15 is 0 Å². The molecule has 0 radical (unpaired) electrons. The molecular formula is C36H54N2O10. The Balaban J connectivity index is 1.06. The van der Waals surface area contributed by atoms with E-state index in [1.807, 2.05) is 45.0 Å². The van der Waals surface area contributed by atoms with Crippen LogP contribution in [0.1, 0.15) is 37.8 Å². The molecule has 0 aromatic heterocycles. The Hall–Kier alpha value is -3.26. The highest BCUT2D eigenvalue weighted by atomic mass is 16.6. The van der Waals surface area contributed by atoms with E-state index in [-0.39, 0.29) is 18.1 Å². The molecule has 0 fully saturated rings. The van der Waals surface area contributed by atoms with E-state index in [0.29, 0.717) is 99.0 Å². The number of amides is 2. The summed E-state index contributed by atoms with van der Waals surface area (Å²) in [7, 11) is 3.39. The second-order valence-electron chi connectivity index (χ2n) is 12.3. The van der Waals surface area contributed by atoms with E-state index in [2.05, 4.69) is 24.3 Å². The van der Waals surface area contributed by atoms with Gasteiger partial charge >= 0.3 is 12.2 Å². The normalized spacial score (nSPS) is 12.4. The summed E-state index contributed by atoms with van der Waals surface area (Å²) in [6.07, 6.45) is -0.735. The lowest BCUT2D eigenvalue weighted by atomic mass is 9.98. The molecular weight excluding hydrogens is 620 g/mol. The molecule has 0 atom stereocenters. The SMILES string of the molecule is CN(CCOCCOCCOCCOCCOCCOCCN(C)C(=O)OC(C)(C)C)C(=O)OCC1c2ccccc2-c2ccccc21. The number of carbonyl (C=O) groups excluding carboxylic acids is 2. The van der Waals surface area contributed by atoms with Crippen LogP contribution in [0.4, 0.5) is 9.59 Å². The molecule has 0 N–H and O–H groups in total. The highest BCUT2D eigenvalue weighted by Gasteiger charge is 2.29. The maximum atomic E-state index is 12.6. The van der Waals surface area contributed by atoms with Crippen molar-refractivity contribution in [2.45, 2.75) is 32.3 Å². The van der Waals surface area contributed by atoms with Gasteiger partial charge in [0.05, 0.1) is 79.3 Å². The van der Waals surface area contributed by atoms with Gasteiger partial charge < -0.3 is 47.7 Å². The maximum Gasteiger partial charge on any atom is 0.410 e. The largest absolute Gasteiger partial charge is 0.448 e. The number of hydrogen-bond donors (Lipinski definition) is 0. The molecule has 0 aliphatic heterocycles. The van der Waals surface area contributed by atoms with Crippen LogP contribution in [-0.4, -0.2) is 141 Å². The summed E-state index contributed by atoms with van der Waals surface area (Å²) in [5.41, 5.74) is 4.27. The zero-order valence-electron chi connectivity index (χ0n) is 29.3. The van der Waals surface area contributed by atoms with Crippen molar-refractivity contribution in [2.75, 3.05) is 113 Å². The molecule has 0 bridgehead atoms. The molecule has 12 heteroatoms. The van der Waals surface area contributed by atoms with E-state index in [9.17, 15) is 9.59 Å². The van der Waals surface area contributed by atoms with Crippen LogP contribution in [-0.2, 0) is 37.9 Å². The lowest BCUT2D eigenvalue weighted by Gasteiger charge is -2.24. The van der Waals surface area contributed by atoms with Gasteiger partial charge in [0.1, 0.15) is 12.2 Å². The molecule has 2 amide bonds. The van der Waals surface area contributed by atoms with Gasteiger partial charge in [0.25, 0.3) is 0 Å². The van der Waals surface area contributed by atoms with Crippen molar-refractivity contribution < 1.29 is 47.5 Å². The topological polar surface area (TPSA) is 114 Å². The summed E-state index contributed by atoms with van der Waals surface area (Å²) in [5, 5.41) is 0. The van der Waals surface area contributed by atoms with Crippen molar-refractivity contribution in [3.8, 4) is 11.1 Å². The lowest BCUT2D eigenvalue weighted by molar-refractivity contribution is -0.0184. The van der Waals surface area contributed by atoms with E-state index in [1.54, 1.807) is 14.1 Å². The quantitative estimate of drug-likeness (QED) is 0.152. The summed E-state index contributed by atoms with van der Waals surface area (Å²) in [6, 6.07) is 16.6. The molecule has 2 aromatic carbocycles. The molecule has 0 unspecified atom stereocenters. The predicted molar refractivity (Wildman–Crippen MR) is 181 cm³/mol. The monoisotopic (exact) mass is 674 g/mol. The second-order valence-corrected chi connectivity index (χ2v) is 12.3. The molecule has 0 saturated heterocycles. The van der Waals surface area contributed by atoms with Crippen molar-refractivity contribution >= 4 is 12.2 Å². The molecule has 2 aromatic rings. The van der Waals surface area contributed by atoms with Gasteiger partial charge in [-0.15, -0.1) is 0 Å². The summed E-state index contributed by atoms with van der Waals surface area (Å²) in [4.78, 5) is 27.5. The molecule has 12 nitrogen and oxygen atoms in total. The molecule has 0 heterocycles. The number of hydrogen-bond acceptors (Lipinski definition) is 10. The Morgan fingerprint density at radius 3 is 1.31 bits per heavy atom. The number of ether oxygens (including phenoxy) is 8. The van der Waals surface area contributed by atoms with E-state index in [1.165, 1.54) is 32.1 Å². The summed E-state index contributed by atoms with van der Waals surface area (Å²) in [6.45, 7) is 12.0. The van der Waals surface area contributed by atoms with Crippen LogP contribution in [0, 0.1) is 0 Å². The number of rotatable bonds is 23. The fraction of sp³-hybridized carbons (Fsp3) is 0.611. The fourth-order valence-corrected chi connectivity index (χ4v) is 4.83. The first-order valence-electron chi connectivity index (χ1n) is 16.6. The highest BCUT2D eigenvalue weighted by Crippen LogP contribution is 2.44. The van der Waals surface area contributed by atoms with Crippen molar-refractivity contribution in [3.05, 3.63) is 59.7 Å². The van der Waals surface area contributed by atoms with E-state index < -0.39 is 5.60 Å². The number of nitrogens with zero attached hydrogens (tertiary/aromatic N) is 2. The lowest BCUT2D eigenvalue weighted by Crippen LogP contribution is -2.36. The first-order chi connectivity index (χ1) is 23.2. The van der Waals surface area contributed by atoms with Gasteiger partial charge in [-0.25, -0.2) is 9.59 Å². The van der Waals surface area contributed by atoms with Gasteiger partial charge in [-0.2, -0.15) is 0 Å². The van der Waals surface area contributed by atoms with Crippen LogP contribution in [0.5, 0.6) is 0 Å². The van der Waals surface area contributed by atoms with Crippen LogP contribution >= 0.6 is 0 Å². The third-order valence-corrected chi connectivity index (χ3v) is 7.36. The van der Waals surface area contributed by atoms with Crippen molar-refractivity contribution in [1.82, 2.24) is 9.80 Å². The minimum Gasteiger partial charge on any atom is -0.448 e. The van der Waals surface area contributed by atoms with Crippen LogP contribution in [0.25, 0.3) is 11.1 Å². The minimum absolute atomic E-state index is 0.0375. The van der Waals surface area contributed by atoms with Gasteiger partial charge in [-0.1, -0.05) is 48.5 Å². The van der Waals surface area contributed by atoms with Gasteiger partial charge in [0.2, 0.25) is 0 Å². The highest BCUT2D eigenvalue weighted by molar-refractivity contribution is 5.79. The molecule has 0 spiro atoms. The van der Waals surface area contributed by atoms with Gasteiger partial charge in [0, 0.05) is 33.1 Å². The van der Waals surface area contributed by atoms with Gasteiger partial charge in [-0.05, 0) is 43.0 Å². The first kappa shape index (κ1) is 39.2. The molecule has 0 saturated carbocycles. The Kier molecular flexibility index (Phi) is 17.7. The van der Waals surface area contributed by atoms with Crippen molar-refractivity contribution in [3.63, 3.8) is 0 Å². The predicted octanol–water partition coefficient (Wildman–Crippen LogP) is 4.83. The maximum absolute atomic E-state index is 12.6. The number of benzene rings is 2. The van der Waals surface area contributed by atoms with Gasteiger partial charge in [0.15, 0.2) is 0 Å². The smallest absolute Gasteiger partial charge is 0.410 e. The third-order valence-electron chi connectivity index (χ3n) is 7.36.